The van der Waals surface area contributed by atoms with Gasteiger partial charge in [0.2, 0.25) is 0 Å². The van der Waals surface area contributed by atoms with Crippen LogP contribution in [0.5, 0.6) is 5.75 Å². The molecule has 1 atom stereocenters. The zero-order valence-corrected chi connectivity index (χ0v) is 14.2. The van der Waals surface area contributed by atoms with Crippen LogP contribution in [0, 0.1) is 5.82 Å². The molecule has 0 saturated carbocycles. The van der Waals surface area contributed by atoms with E-state index >= 15 is 0 Å². The smallest absolute Gasteiger partial charge is 0.279 e. The van der Waals surface area contributed by atoms with Gasteiger partial charge in [0.05, 0.1) is 0 Å². The van der Waals surface area contributed by atoms with Crippen LogP contribution in [0.3, 0.4) is 0 Å². The van der Waals surface area contributed by atoms with Crippen LogP contribution >= 0.6 is 24.0 Å². The Morgan fingerprint density at radius 2 is 2.14 bits per heavy atom. The fraction of sp³-hybridized carbons (Fsp3) is 0.429. The molecule has 0 bridgehead atoms. The lowest BCUT2D eigenvalue weighted by atomic mass is 10.3. The quantitative estimate of drug-likeness (QED) is 0.398. The molecule has 3 N–H and O–H groups in total. The molecule has 1 aromatic carbocycles. The number of thiocarbonyl (C=S) groups is 1. The number of ether oxygens (including phenoxy) is 1. The summed E-state index contributed by atoms with van der Waals surface area (Å²) in [6.45, 7) is 2.25. The number of nitrogens with one attached hydrogen (secondary N) is 3. The average molecular weight is 345 g/mol. The molecular weight excluding hydrogens is 325 g/mol. The minimum Gasteiger partial charge on any atom is -0.478 e. The minimum absolute atomic E-state index is 0.0305. The van der Waals surface area contributed by atoms with Gasteiger partial charge in [-0.05, 0) is 49.7 Å². The maximum Gasteiger partial charge on any atom is 0.279 e. The van der Waals surface area contributed by atoms with Gasteiger partial charge in [0.15, 0.2) is 22.8 Å². The number of rotatable bonds is 7. The summed E-state index contributed by atoms with van der Waals surface area (Å²) in [7, 11) is 0. The van der Waals surface area contributed by atoms with Crippen molar-refractivity contribution in [1.82, 2.24) is 16.2 Å². The molecule has 22 heavy (non-hydrogen) atoms. The van der Waals surface area contributed by atoms with E-state index in [1.54, 1.807) is 23.9 Å². The number of benzene rings is 1. The molecule has 0 aromatic heterocycles. The molecule has 122 valence electrons. The first-order valence-corrected chi connectivity index (χ1v) is 8.58. The number of hydrogen-bond donors (Lipinski definition) is 3. The van der Waals surface area contributed by atoms with Gasteiger partial charge >= 0.3 is 0 Å². The van der Waals surface area contributed by atoms with Crippen LogP contribution < -0.4 is 20.9 Å². The molecule has 0 radical (unpaired) electrons. The highest BCUT2D eigenvalue weighted by Crippen LogP contribution is 2.16. The van der Waals surface area contributed by atoms with Crippen molar-refractivity contribution in [2.45, 2.75) is 19.4 Å². The van der Waals surface area contributed by atoms with Crippen molar-refractivity contribution in [2.24, 2.45) is 0 Å². The number of para-hydroxylation sites is 1. The van der Waals surface area contributed by atoms with Gasteiger partial charge < -0.3 is 10.1 Å². The van der Waals surface area contributed by atoms with Gasteiger partial charge in [-0.3, -0.25) is 15.6 Å². The summed E-state index contributed by atoms with van der Waals surface area (Å²) in [4.78, 5) is 11.8. The number of hydrazine groups is 1. The third-order valence-electron chi connectivity index (χ3n) is 2.62. The molecule has 0 aliphatic rings. The van der Waals surface area contributed by atoms with Crippen LogP contribution in [0.25, 0.3) is 0 Å². The van der Waals surface area contributed by atoms with E-state index in [0.717, 1.165) is 18.7 Å². The largest absolute Gasteiger partial charge is 0.478 e. The fourth-order valence-electron chi connectivity index (χ4n) is 1.47. The summed E-state index contributed by atoms with van der Waals surface area (Å²) in [5.74, 6) is 0.107. The first-order chi connectivity index (χ1) is 10.5. The molecule has 8 heteroatoms. The summed E-state index contributed by atoms with van der Waals surface area (Å²) in [6.07, 6.45) is 2.15. The average Bonchev–Trinajstić information content (AvgIpc) is 2.51. The molecular formula is C14H20FN3O2S2. The summed E-state index contributed by atoms with van der Waals surface area (Å²) in [6, 6.07) is 5.92. The lowest BCUT2D eigenvalue weighted by Crippen LogP contribution is -2.50. The van der Waals surface area contributed by atoms with Crippen molar-refractivity contribution in [2.75, 3.05) is 18.6 Å². The molecule has 0 saturated heterocycles. The molecule has 1 amide bonds. The van der Waals surface area contributed by atoms with Crippen LogP contribution in [0.4, 0.5) is 4.39 Å². The first kappa shape index (κ1) is 18.5. The Bertz CT molecular complexity index is 503. The molecule has 1 aromatic rings. The Kier molecular flexibility index (Phi) is 8.61. The highest BCUT2D eigenvalue weighted by Gasteiger charge is 2.16. The molecule has 0 unspecified atom stereocenters. The van der Waals surface area contributed by atoms with E-state index in [-0.39, 0.29) is 5.75 Å². The van der Waals surface area contributed by atoms with Crippen molar-refractivity contribution in [3.05, 3.63) is 30.1 Å². The lowest BCUT2D eigenvalue weighted by molar-refractivity contribution is -0.127. The number of carbonyl (C=O) groups is 1. The van der Waals surface area contributed by atoms with Gasteiger partial charge in [-0.1, -0.05) is 12.1 Å². The molecule has 1 rings (SSSR count). The van der Waals surface area contributed by atoms with Crippen LogP contribution in [0.2, 0.25) is 0 Å². The third kappa shape index (κ3) is 6.95. The lowest BCUT2D eigenvalue weighted by Gasteiger charge is -2.16. The van der Waals surface area contributed by atoms with Crippen molar-refractivity contribution >= 4 is 35.0 Å². The van der Waals surface area contributed by atoms with Gasteiger partial charge in [-0.2, -0.15) is 11.8 Å². The van der Waals surface area contributed by atoms with E-state index < -0.39 is 17.8 Å². The SMILES string of the molecule is CSCCCNC(=S)NNC(=O)[C@@H](C)Oc1ccccc1F. The van der Waals surface area contributed by atoms with Crippen molar-refractivity contribution in [3.63, 3.8) is 0 Å². The summed E-state index contributed by atoms with van der Waals surface area (Å²) in [5, 5.41) is 3.29. The first-order valence-electron chi connectivity index (χ1n) is 6.78. The summed E-state index contributed by atoms with van der Waals surface area (Å²) in [5.41, 5.74) is 5.00. The molecule has 0 heterocycles. The van der Waals surface area contributed by atoms with Crippen LogP contribution in [0.1, 0.15) is 13.3 Å². The van der Waals surface area contributed by atoms with Crippen molar-refractivity contribution < 1.29 is 13.9 Å². The van der Waals surface area contributed by atoms with Gasteiger partial charge in [-0.15, -0.1) is 0 Å². The third-order valence-corrected chi connectivity index (χ3v) is 3.56. The van der Waals surface area contributed by atoms with Crippen molar-refractivity contribution in [1.29, 1.82) is 0 Å². The van der Waals surface area contributed by atoms with Gasteiger partial charge in [0, 0.05) is 6.54 Å². The Labute approximate surface area is 139 Å². The Hall–Kier alpha value is -1.54. The Morgan fingerprint density at radius 3 is 2.82 bits per heavy atom. The van der Waals surface area contributed by atoms with Crippen LogP contribution in [0.15, 0.2) is 24.3 Å². The Morgan fingerprint density at radius 1 is 1.41 bits per heavy atom. The topological polar surface area (TPSA) is 62.4 Å². The zero-order valence-electron chi connectivity index (χ0n) is 12.5. The number of hydrogen-bond acceptors (Lipinski definition) is 4. The molecule has 0 spiro atoms. The van der Waals surface area contributed by atoms with E-state index in [1.807, 2.05) is 6.26 Å². The molecule has 0 aliphatic heterocycles. The predicted octanol–water partition coefficient (Wildman–Crippen LogP) is 1.84. The highest BCUT2D eigenvalue weighted by molar-refractivity contribution is 7.98. The van der Waals surface area contributed by atoms with E-state index in [4.69, 9.17) is 17.0 Å². The second-order valence-corrected chi connectivity index (χ2v) is 5.80. The monoisotopic (exact) mass is 345 g/mol. The van der Waals surface area contributed by atoms with E-state index in [0.29, 0.717) is 5.11 Å². The number of halogens is 1. The van der Waals surface area contributed by atoms with Crippen LogP contribution in [-0.2, 0) is 4.79 Å². The maximum absolute atomic E-state index is 13.4. The van der Waals surface area contributed by atoms with Gasteiger partial charge in [0.1, 0.15) is 0 Å². The molecule has 0 aliphatic carbocycles. The fourth-order valence-corrected chi connectivity index (χ4v) is 2.05. The summed E-state index contributed by atoms with van der Waals surface area (Å²) >= 11 is 6.77. The van der Waals surface area contributed by atoms with E-state index in [1.165, 1.54) is 19.1 Å². The number of thioether (sulfide) groups is 1. The molecule has 0 fully saturated rings. The maximum atomic E-state index is 13.4. The van der Waals surface area contributed by atoms with Gasteiger partial charge in [-0.25, -0.2) is 4.39 Å². The van der Waals surface area contributed by atoms with Gasteiger partial charge in [0.25, 0.3) is 5.91 Å². The van der Waals surface area contributed by atoms with Crippen molar-refractivity contribution in [3.8, 4) is 5.75 Å². The standard InChI is InChI=1S/C14H20FN3O2S2/c1-10(20-12-7-4-3-6-11(12)15)13(19)17-18-14(21)16-8-5-9-22-2/h3-4,6-7,10H,5,8-9H2,1-2H3,(H,17,19)(H2,16,18,21)/t10-/m1/s1. The second kappa shape index (κ2) is 10.2. The minimum atomic E-state index is -0.858. The summed E-state index contributed by atoms with van der Waals surface area (Å²) < 4.78 is 18.7. The van der Waals surface area contributed by atoms with E-state index in [2.05, 4.69) is 16.2 Å². The zero-order chi connectivity index (χ0) is 16.4. The molecule has 5 nitrogen and oxygen atoms in total. The van der Waals surface area contributed by atoms with Crippen LogP contribution in [-0.4, -0.2) is 35.7 Å². The second-order valence-electron chi connectivity index (χ2n) is 4.41. The highest BCUT2D eigenvalue weighted by atomic mass is 32.2. The predicted molar refractivity (Wildman–Crippen MR) is 91.4 cm³/mol. The number of amides is 1. The van der Waals surface area contributed by atoms with E-state index in [9.17, 15) is 9.18 Å². The Balaban J connectivity index is 2.29. The normalized spacial score (nSPS) is 11.4. The number of carbonyl (C=O) groups excluding carboxylic acids is 1.